The van der Waals surface area contributed by atoms with Gasteiger partial charge in [0.25, 0.3) is 5.56 Å². The fraction of sp³-hybridized carbons (Fsp3) is 0.364. The van der Waals surface area contributed by atoms with Crippen LogP contribution in [0.25, 0.3) is 0 Å². The zero-order valence-electron chi connectivity index (χ0n) is 18.5. The van der Waals surface area contributed by atoms with Gasteiger partial charge in [0.1, 0.15) is 5.56 Å². The first-order valence-corrected chi connectivity index (χ1v) is 11.2. The van der Waals surface area contributed by atoms with Crippen LogP contribution in [0.4, 0.5) is 16.2 Å². The molecule has 4 heterocycles. The second-order valence-corrected chi connectivity index (χ2v) is 9.16. The van der Waals surface area contributed by atoms with E-state index in [2.05, 4.69) is 19.9 Å². The zero-order valence-corrected chi connectivity index (χ0v) is 19.3. The molecule has 0 radical (unpaired) electrons. The van der Waals surface area contributed by atoms with Crippen LogP contribution in [0, 0.1) is 10.2 Å². The lowest BCUT2D eigenvalue weighted by molar-refractivity contribution is -0.159. The van der Waals surface area contributed by atoms with Crippen LogP contribution in [0.2, 0.25) is 0 Å². The molecule has 1 aromatic carbocycles. The third kappa shape index (κ3) is 3.01. The molecule has 4 amide bonds. The molecule has 3 aliphatic heterocycles. The highest BCUT2D eigenvalue weighted by atomic mass is 32.1. The first kappa shape index (κ1) is 22.0. The van der Waals surface area contributed by atoms with E-state index >= 15 is 0 Å². The van der Waals surface area contributed by atoms with Gasteiger partial charge in [0.15, 0.2) is 10.2 Å². The Bertz CT molecular complexity index is 1370. The Morgan fingerprint density at radius 2 is 1.85 bits per heavy atom. The Hall–Kier alpha value is -3.80. The van der Waals surface area contributed by atoms with Crippen molar-refractivity contribution < 1.29 is 19.5 Å². The number of H-pyrrole nitrogens is 2. The second kappa shape index (κ2) is 7.62. The summed E-state index contributed by atoms with van der Waals surface area (Å²) < 4.78 is -0.00544. The minimum absolute atomic E-state index is 0.00544. The number of aromatic amines is 2. The number of hydrogen-bond acceptors (Lipinski definition) is 8. The van der Waals surface area contributed by atoms with Gasteiger partial charge in [-0.2, -0.15) is 0 Å². The summed E-state index contributed by atoms with van der Waals surface area (Å²) in [4.78, 5) is 64.6. The molecule has 1 aromatic heterocycles. The Kier molecular flexibility index (Phi) is 4.93. The zero-order chi connectivity index (χ0) is 24.4. The van der Waals surface area contributed by atoms with Gasteiger partial charge in [0, 0.05) is 32.5 Å². The first-order chi connectivity index (χ1) is 16.1. The fourth-order valence-corrected chi connectivity index (χ4v) is 5.52. The lowest BCUT2D eigenvalue weighted by Crippen LogP contribution is -2.70. The summed E-state index contributed by atoms with van der Waals surface area (Å²) in [5, 5.41) is 9.99. The molecule has 1 spiro atoms. The Morgan fingerprint density at radius 1 is 1.15 bits per heavy atom. The van der Waals surface area contributed by atoms with Gasteiger partial charge in [0.2, 0.25) is 17.7 Å². The van der Waals surface area contributed by atoms with Crippen molar-refractivity contribution in [1.29, 1.82) is 0 Å². The van der Waals surface area contributed by atoms with Crippen LogP contribution in [0.1, 0.15) is 24.0 Å². The Labute approximate surface area is 198 Å². The monoisotopic (exact) mass is 482 g/mol. The third-order valence-electron chi connectivity index (χ3n) is 6.91. The lowest BCUT2D eigenvalue weighted by Gasteiger charge is -2.50. The molecule has 0 bridgehead atoms. The lowest BCUT2D eigenvalue weighted by atomic mass is 9.68. The van der Waals surface area contributed by atoms with Crippen molar-refractivity contribution in [3.8, 4) is 5.88 Å². The van der Waals surface area contributed by atoms with Gasteiger partial charge in [-0.15, -0.1) is 0 Å². The predicted molar refractivity (Wildman–Crippen MR) is 125 cm³/mol. The molecule has 176 valence electrons. The highest BCUT2D eigenvalue weighted by Crippen LogP contribution is 2.49. The van der Waals surface area contributed by atoms with Crippen LogP contribution < -0.4 is 10.5 Å². The van der Waals surface area contributed by atoms with E-state index in [1.54, 1.807) is 12.1 Å². The molecule has 2 fully saturated rings. The number of carbonyl (C=O) groups is 3. The van der Waals surface area contributed by atoms with Gasteiger partial charge in [-0.05, 0) is 55.2 Å². The number of nitrogens with zero attached hydrogens (tertiary/aromatic N) is 4. The van der Waals surface area contributed by atoms with Crippen LogP contribution in [-0.4, -0.2) is 75.6 Å². The van der Waals surface area contributed by atoms with E-state index in [1.165, 1.54) is 20.3 Å². The normalized spacial score (nSPS) is 21.5. The molecular weight excluding hydrogens is 460 g/mol. The SMILES string of the molecule is CN1C(=O)N(C)C(=O)C2(Cc3cc(N=Cc4c(O)[nH]c(=S)[nH]c4=O)ccc3N3CCC[C@H]32)C1=O. The number of aromatic hydroxyl groups is 1. The van der Waals surface area contributed by atoms with Crippen LogP contribution in [-0.2, 0) is 16.0 Å². The number of barbiturate groups is 1. The van der Waals surface area contributed by atoms with Crippen molar-refractivity contribution in [3.63, 3.8) is 0 Å². The maximum absolute atomic E-state index is 13.4. The molecule has 34 heavy (non-hydrogen) atoms. The largest absolute Gasteiger partial charge is 0.494 e. The second-order valence-electron chi connectivity index (χ2n) is 8.75. The predicted octanol–water partition coefficient (Wildman–Crippen LogP) is 1.45. The fourth-order valence-electron chi connectivity index (χ4n) is 5.33. The van der Waals surface area contributed by atoms with Crippen molar-refractivity contribution in [2.24, 2.45) is 10.4 Å². The molecule has 0 aliphatic carbocycles. The molecule has 11 nitrogen and oxygen atoms in total. The topological polar surface area (TPSA) is 142 Å². The van der Waals surface area contributed by atoms with Gasteiger partial charge in [-0.3, -0.25) is 34.2 Å². The summed E-state index contributed by atoms with van der Waals surface area (Å²) in [5.74, 6) is -1.38. The van der Waals surface area contributed by atoms with Crippen LogP contribution in [0.3, 0.4) is 0 Å². The quantitative estimate of drug-likeness (QED) is 0.334. The number of carbonyl (C=O) groups excluding carboxylic acids is 3. The summed E-state index contributed by atoms with van der Waals surface area (Å²) in [7, 11) is 2.81. The van der Waals surface area contributed by atoms with Crippen molar-refractivity contribution in [2.45, 2.75) is 25.3 Å². The van der Waals surface area contributed by atoms with Gasteiger partial charge in [0.05, 0.1) is 11.7 Å². The number of amides is 4. The highest BCUT2D eigenvalue weighted by molar-refractivity contribution is 7.71. The number of fused-ring (bicyclic) bond motifs is 4. The van der Waals surface area contributed by atoms with Crippen LogP contribution >= 0.6 is 12.2 Å². The smallest absolute Gasteiger partial charge is 0.332 e. The highest BCUT2D eigenvalue weighted by Gasteiger charge is 2.63. The van der Waals surface area contributed by atoms with E-state index in [9.17, 15) is 24.3 Å². The molecule has 5 rings (SSSR count). The van der Waals surface area contributed by atoms with Gasteiger partial charge < -0.3 is 15.0 Å². The molecule has 12 heteroatoms. The Morgan fingerprint density at radius 3 is 2.53 bits per heavy atom. The summed E-state index contributed by atoms with van der Waals surface area (Å²) in [6, 6.07) is 4.43. The molecule has 2 aromatic rings. The van der Waals surface area contributed by atoms with Gasteiger partial charge >= 0.3 is 6.03 Å². The van der Waals surface area contributed by atoms with Gasteiger partial charge in [-0.1, -0.05) is 0 Å². The van der Waals surface area contributed by atoms with E-state index < -0.39 is 34.7 Å². The summed E-state index contributed by atoms with van der Waals surface area (Å²) >= 11 is 4.83. The van der Waals surface area contributed by atoms with Crippen molar-refractivity contribution in [2.75, 3.05) is 25.5 Å². The summed E-state index contributed by atoms with van der Waals surface area (Å²) in [5.41, 5.74) is 0.0714. The first-order valence-electron chi connectivity index (χ1n) is 10.7. The van der Waals surface area contributed by atoms with Gasteiger partial charge in [-0.25, -0.2) is 4.79 Å². The number of nitrogens with one attached hydrogen (secondary N) is 2. The number of aromatic nitrogens is 2. The van der Waals surface area contributed by atoms with E-state index in [-0.39, 0.29) is 22.8 Å². The Balaban J connectivity index is 1.58. The number of aliphatic imine (C=N–C) groups is 1. The number of anilines is 1. The number of benzene rings is 1. The summed E-state index contributed by atoms with van der Waals surface area (Å²) in [6.07, 6.45) is 2.85. The standard InChI is InChI=1S/C22H22N6O5S/c1-26-18(31)22(19(32)27(2)21(26)33)9-11-8-12(5-6-14(11)28-7-3-4-15(22)28)23-10-13-16(29)24-20(34)25-17(13)30/h5-6,8,10,15H,3-4,7,9H2,1-2H3,(H3,24,25,29,30,34)/t15-/m0/s1. The van der Waals surface area contributed by atoms with E-state index in [0.717, 1.165) is 27.5 Å². The van der Waals surface area contributed by atoms with Crippen molar-refractivity contribution in [3.05, 3.63) is 44.5 Å². The molecule has 1 atom stereocenters. The molecule has 3 N–H and O–H groups in total. The van der Waals surface area contributed by atoms with Crippen molar-refractivity contribution >= 4 is 47.7 Å². The van der Waals surface area contributed by atoms with Crippen LogP contribution in [0.15, 0.2) is 28.0 Å². The van der Waals surface area contributed by atoms with Crippen LogP contribution in [0.5, 0.6) is 5.88 Å². The number of rotatable bonds is 2. The van der Waals surface area contributed by atoms with E-state index in [1.807, 2.05) is 6.07 Å². The average molecular weight is 483 g/mol. The van der Waals surface area contributed by atoms with E-state index in [4.69, 9.17) is 12.2 Å². The number of urea groups is 1. The molecule has 0 unspecified atom stereocenters. The maximum atomic E-state index is 13.4. The number of hydrogen-bond donors (Lipinski definition) is 3. The summed E-state index contributed by atoms with van der Waals surface area (Å²) in [6.45, 7) is 0.691. The molecule has 0 saturated carbocycles. The minimum Gasteiger partial charge on any atom is -0.494 e. The molecular formula is C22H22N6O5S. The third-order valence-corrected chi connectivity index (χ3v) is 7.12. The van der Waals surface area contributed by atoms with Crippen molar-refractivity contribution in [1.82, 2.24) is 19.8 Å². The number of imide groups is 2. The average Bonchev–Trinajstić information content (AvgIpc) is 3.30. The molecule has 3 aliphatic rings. The minimum atomic E-state index is -1.40. The van der Waals surface area contributed by atoms with E-state index in [0.29, 0.717) is 18.7 Å². The maximum Gasteiger partial charge on any atom is 0.332 e. The molecule has 2 saturated heterocycles.